The van der Waals surface area contributed by atoms with Gasteiger partial charge in [0.15, 0.2) is 11.5 Å². The molecule has 1 heterocycles. The van der Waals surface area contributed by atoms with Gasteiger partial charge >= 0.3 is 0 Å². The highest BCUT2D eigenvalue weighted by Gasteiger charge is 2.10. The van der Waals surface area contributed by atoms with Crippen LogP contribution >= 0.6 is 0 Å². The van der Waals surface area contributed by atoms with Gasteiger partial charge in [-0.2, -0.15) is 0 Å². The van der Waals surface area contributed by atoms with Crippen molar-refractivity contribution in [2.24, 2.45) is 0 Å². The topological polar surface area (TPSA) is 18.5 Å². The molecule has 0 saturated heterocycles. The van der Waals surface area contributed by atoms with Crippen molar-refractivity contribution in [3.05, 3.63) is 36.3 Å². The molecule has 2 heteroatoms. The molecule has 0 spiro atoms. The number of allylic oxidation sites excluding steroid dienone is 3. The van der Waals surface area contributed by atoms with Crippen LogP contribution in [0.1, 0.15) is 6.92 Å². The fraction of sp³-hybridized carbons (Fsp3) is 0.250. The predicted molar refractivity (Wildman–Crippen MR) is 39.1 cm³/mol. The fourth-order valence-electron chi connectivity index (χ4n) is 0.740. The zero-order chi connectivity index (χ0) is 7.40. The molecule has 0 bridgehead atoms. The summed E-state index contributed by atoms with van der Waals surface area (Å²) < 4.78 is 10.2. The number of rotatable bonds is 2. The maximum absolute atomic E-state index is 5.10. The quantitative estimate of drug-likeness (QED) is 0.580. The van der Waals surface area contributed by atoms with E-state index in [0.29, 0.717) is 6.79 Å². The van der Waals surface area contributed by atoms with E-state index < -0.39 is 0 Å². The molecule has 1 aliphatic rings. The normalized spacial score (nSPS) is 17.3. The first kappa shape index (κ1) is 6.93. The summed E-state index contributed by atoms with van der Waals surface area (Å²) in [5, 5.41) is 0. The Morgan fingerprint density at radius 2 is 2.10 bits per heavy atom. The van der Waals surface area contributed by atoms with Crippen LogP contribution in [0.4, 0.5) is 0 Å². The third-order valence-electron chi connectivity index (χ3n) is 1.18. The zero-order valence-corrected chi connectivity index (χ0v) is 5.96. The Morgan fingerprint density at radius 3 is 2.70 bits per heavy atom. The SMILES string of the molecule is C=CC1=C(/C=C\C)OCO1. The van der Waals surface area contributed by atoms with E-state index in [2.05, 4.69) is 6.58 Å². The average molecular weight is 138 g/mol. The van der Waals surface area contributed by atoms with E-state index in [-0.39, 0.29) is 0 Å². The van der Waals surface area contributed by atoms with E-state index in [1.54, 1.807) is 6.08 Å². The second-order valence-corrected chi connectivity index (χ2v) is 1.84. The Labute approximate surface area is 60.4 Å². The van der Waals surface area contributed by atoms with Crippen molar-refractivity contribution < 1.29 is 9.47 Å². The lowest BCUT2D eigenvalue weighted by Gasteiger charge is -1.89. The van der Waals surface area contributed by atoms with Gasteiger partial charge < -0.3 is 9.47 Å². The van der Waals surface area contributed by atoms with Gasteiger partial charge in [0.25, 0.3) is 0 Å². The third kappa shape index (κ3) is 1.21. The van der Waals surface area contributed by atoms with Gasteiger partial charge in [0.2, 0.25) is 6.79 Å². The van der Waals surface area contributed by atoms with Crippen LogP contribution < -0.4 is 0 Å². The van der Waals surface area contributed by atoms with Gasteiger partial charge in [-0.25, -0.2) is 0 Å². The molecule has 1 rings (SSSR count). The highest BCUT2D eigenvalue weighted by atomic mass is 16.7. The summed E-state index contributed by atoms with van der Waals surface area (Å²) in [7, 11) is 0. The highest BCUT2D eigenvalue weighted by molar-refractivity contribution is 5.24. The molecule has 0 aromatic rings. The average Bonchev–Trinajstić information content (AvgIpc) is 2.36. The van der Waals surface area contributed by atoms with Crippen LogP contribution in [0.5, 0.6) is 0 Å². The number of hydrogen-bond donors (Lipinski definition) is 0. The minimum atomic E-state index is 0.307. The summed E-state index contributed by atoms with van der Waals surface area (Å²) in [5.74, 6) is 1.48. The van der Waals surface area contributed by atoms with Crippen LogP contribution in [0.3, 0.4) is 0 Å². The summed E-state index contributed by atoms with van der Waals surface area (Å²) in [4.78, 5) is 0. The molecule has 0 atom stereocenters. The second kappa shape index (κ2) is 3.11. The molecule has 0 radical (unpaired) electrons. The minimum absolute atomic E-state index is 0.307. The first-order valence-corrected chi connectivity index (χ1v) is 3.13. The van der Waals surface area contributed by atoms with E-state index in [0.717, 1.165) is 11.5 Å². The zero-order valence-electron chi connectivity index (χ0n) is 5.96. The Balaban J connectivity index is 2.77. The summed E-state index contributed by atoms with van der Waals surface area (Å²) in [6.07, 6.45) is 5.39. The summed E-state index contributed by atoms with van der Waals surface area (Å²) >= 11 is 0. The molecule has 0 aliphatic carbocycles. The molecule has 0 aromatic carbocycles. The Hall–Kier alpha value is -1.18. The van der Waals surface area contributed by atoms with Crippen molar-refractivity contribution >= 4 is 0 Å². The largest absolute Gasteiger partial charge is 0.454 e. The van der Waals surface area contributed by atoms with E-state index >= 15 is 0 Å². The standard InChI is InChI=1S/C8H10O2/c1-3-5-8-7(4-2)9-6-10-8/h3-5H,2,6H2,1H3/b5-3-. The Kier molecular flexibility index (Phi) is 2.15. The fourth-order valence-corrected chi connectivity index (χ4v) is 0.740. The lowest BCUT2D eigenvalue weighted by atomic mass is 10.3. The maximum atomic E-state index is 5.10. The molecule has 0 N–H and O–H groups in total. The van der Waals surface area contributed by atoms with Gasteiger partial charge in [0.1, 0.15) is 0 Å². The number of hydrogen-bond acceptors (Lipinski definition) is 2. The molecule has 0 unspecified atom stereocenters. The van der Waals surface area contributed by atoms with E-state index in [1.165, 1.54) is 0 Å². The minimum Gasteiger partial charge on any atom is -0.454 e. The van der Waals surface area contributed by atoms with E-state index in [9.17, 15) is 0 Å². The van der Waals surface area contributed by atoms with Gasteiger partial charge in [0, 0.05) is 0 Å². The van der Waals surface area contributed by atoms with Gasteiger partial charge in [-0.05, 0) is 19.1 Å². The van der Waals surface area contributed by atoms with Crippen molar-refractivity contribution in [1.29, 1.82) is 0 Å². The van der Waals surface area contributed by atoms with Crippen molar-refractivity contribution in [2.45, 2.75) is 6.92 Å². The maximum Gasteiger partial charge on any atom is 0.231 e. The van der Waals surface area contributed by atoms with Gasteiger partial charge in [0.05, 0.1) is 0 Å². The summed E-state index contributed by atoms with van der Waals surface area (Å²) in [5.41, 5.74) is 0. The van der Waals surface area contributed by atoms with Gasteiger partial charge in [-0.1, -0.05) is 12.7 Å². The van der Waals surface area contributed by atoms with Crippen LogP contribution in [0.2, 0.25) is 0 Å². The lowest BCUT2D eigenvalue weighted by Crippen LogP contribution is -1.80. The molecular formula is C8H10O2. The van der Waals surface area contributed by atoms with Crippen molar-refractivity contribution in [1.82, 2.24) is 0 Å². The van der Waals surface area contributed by atoms with Gasteiger partial charge in [-0.3, -0.25) is 0 Å². The Morgan fingerprint density at radius 1 is 1.40 bits per heavy atom. The van der Waals surface area contributed by atoms with Crippen molar-refractivity contribution in [3.8, 4) is 0 Å². The first-order chi connectivity index (χ1) is 4.88. The molecule has 10 heavy (non-hydrogen) atoms. The molecule has 0 aromatic heterocycles. The van der Waals surface area contributed by atoms with Crippen molar-refractivity contribution in [2.75, 3.05) is 6.79 Å². The summed E-state index contributed by atoms with van der Waals surface area (Å²) in [6.45, 7) is 5.81. The first-order valence-electron chi connectivity index (χ1n) is 3.13. The van der Waals surface area contributed by atoms with Crippen molar-refractivity contribution in [3.63, 3.8) is 0 Å². The molecule has 0 fully saturated rings. The third-order valence-corrected chi connectivity index (χ3v) is 1.18. The van der Waals surface area contributed by atoms with Crippen LogP contribution in [-0.2, 0) is 9.47 Å². The monoisotopic (exact) mass is 138 g/mol. The summed E-state index contributed by atoms with van der Waals surface area (Å²) in [6, 6.07) is 0. The molecule has 0 saturated carbocycles. The molecular weight excluding hydrogens is 128 g/mol. The smallest absolute Gasteiger partial charge is 0.231 e. The molecule has 54 valence electrons. The Bertz CT molecular complexity index is 189. The molecule has 2 nitrogen and oxygen atoms in total. The van der Waals surface area contributed by atoms with Crippen LogP contribution in [0.15, 0.2) is 36.3 Å². The van der Waals surface area contributed by atoms with Crippen LogP contribution in [-0.4, -0.2) is 6.79 Å². The highest BCUT2D eigenvalue weighted by Crippen LogP contribution is 2.17. The van der Waals surface area contributed by atoms with E-state index in [1.807, 2.05) is 19.1 Å². The molecule has 0 amide bonds. The van der Waals surface area contributed by atoms with Crippen LogP contribution in [0, 0.1) is 0 Å². The predicted octanol–water partition coefficient (Wildman–Crippen LogP) is 1.96. The molecule has 1 aliphatic heterocycles. The van der Waals surface area contributed by atoms with Gasteiger partial charge in [-0.15, -0.1) is 0 Å². The van der Waals surface area contributed by atoms with E-state index in [4.69, 9.17) is 9.47 Å². The van der Waals surface area contributed by atoms with Crippen LogP contribution in [0.25, 0.3) is 0 Å². The lowest BCUT2D eigenvalue weighted by molar-refractivity contribution is 0.0778. The number of ether oxygens (including phenoxy) is 2. The second-order valence-electron chi connectivity index (χ2n) is 1.84.